The van der Waals surface area contributed by atoms with E-state index >= 15 is 0 Å². The van der Waals surface area contributed by atoms with E-state index < -0.39 is 29.7 Å². The molecular weight excluding hydrogens is 429 g/mol. The molecule has 0 spiro atoms. The number of ether oxygens (including phenoxy) is 3. The Morgan fingerprint density at radius 3 is 2.19 bits per heavy atom. The fourth-order valence-corrected chi connectivity index (χ4v) is 3.66. The van der Waals surface area contributed by atoms with Crippen molar-refractivity contribution in [3.63, 3.8) is 0 Å². The van der Waals surface area contributed by atoms with E-state index in [1.807, 2.05) is 0 Å². The highest BCUT2D eigenvalue weighted by molar-refractivity contribution is 5.99. The molecule has 32 heavy (non-hydrogen) atoms. The van der Waals surface area contributed by atoms with Crippen LogP contribution in [0.5, 0.6) is 17.2 Å². The summed E-state index contributed by atoms with van der Waals surface area (Å²) in [5.41, 5.74) is -0.0465. The number of methoxy groups -OCH3 is 3. The third kappa shape index (κ3) is 4.56. The lowest BCUT2D eigenvalue weighted by Gasteiger charge is -2.34. The minimum absolute atomic E-state index is 0.000855. The quantitative estimate of drug-likeness (QED) is 0.705. The van der Waals surface area contributed by atoms with Gasteiger partial charge >= 0.3 is 6.18 Å². The van der Waals surface area contributed by atoms with Crippen LogP contribution in [0, 0.1) is 0 Å². The van der Waals surface area contributed by atoms with Crippen molar-refractivity contribution < 1.29 is 32.2 Å². The molecule has 0 fully saturated rings. The van der Waals surface area contributed by atoms with Crippen molar-refractivity contribution >= 4 is 11.7 Å². The first-order chi connectivity index (χ1) is 14.9. The molecule has 0 radical (unpaired) electrons. The number of alkyl halides is 3. The third-order valence-electron chi connectivity index (χ3n) is 5.06. The molecule has 1 aliphatic heterocycles. The predicted octanol–water partition coefficient (Wildman–Crippen LogP) is 4.10. The Hall–Kier alpha value is -3.11. The van der Waals surface area contributed by atoms with E-state index in [1.165, 1.54) is 21.3 Å². The van der Waals surface area contributed by atoms with Gasteiger partial charge in [0.15, 0.2) is 17.5 Å². The SMILES string of the molecule is COc1cc([C@H]2C[C@H](C(F)(F)F)n3ncc(C(=O)NC(C)(C)C)c3N2)cc(OC)c1OC. The van der Waals surface area contributed by atoms with Crippen LogP contribution >= 0.6 is 0 Å². The van der Waals surface area contributed by atoms with Gasteiger partial charge in [-0.05, 0) is 38.5 Å². The fourth-order valence-electron chi connectivity index (χ4n) is 3.66. The first kappa shape index (κ1) is 23.6. The van der Waals surface area contributed by atoms with Crippen molar-refractivity contribution in [2.45, 2.75) is 51.0 Å². The Kier molecular flexibility index (Phi) is 6.21. The van der Waals surface area contributed by atoms with Crippen LogP contribution in [0.25, 0.3) is 0 Å². The Bertz CT molecular complexity index is 973. The maximum absolute atomic E-state index is 13.9. The van der Waals surface area contributed by atoms with Crippen molar-refractivity contribution in [2.75, 3.05) is 26.6 Å². The number of fused-ring (bicyclic) bond motifs is 1. The molecule has 8 nitrogen and oxygen atoms in total. The minimum atomic E-state index is -4.57. The number of halogens is 3. The molecule has 0 aliphatic carbocycles. The molecule has 2 heterocycles. The fraction of sp³-hybridized carbons (Fsp3) is 0.524. The molecule has 176 valence electrons. The van der Waals surface area contributed by atoms with Gasteiger partial charge in [-0.1, -0.05) is 0 Å². The Morgan fingerprint density at radius 1 is 1.12 bits per heavy atom. The van der Waals surface area contributed by atoms with Gasteiger partial charge in [-0.3, -0.25) is 4.79 Å². The highest BCUT2D eigenvalue weighted by atomic mass is 19.4. The average molecular weight is 456 g/mol. The van der Waals surface area contributed by atoms with E-state index in [0.29, 0.717) is 22.8 Å². The van der Waals surface area contributed by atoms with Gasteiger partial charge < -0.3 is 24.8 Å². The number of anilines is 1. The molecule has 2 atom stereocenters. The van der Waals surface area contributed by atoms with Gasteiger partial charge in [-0.15, -0.1) is 0 Å². The van der Waals surface area contributed by atoms with Gasteiger partial charge in [-0.2, -0.15) is 18.3 Å². The number of carbonyl (C=O) groups is 1. The maximum Gasteiger partial charge on any atom is 0.410 e. The summed E-state index contributed by atoms with van der Waals surface area (Å²) in [4.78, 5) is 12.7. The molecule has 11 heteroatoms. The van der Waals surface area contributed by atoms with Gasteiger partial charge in [-0.25, -0.2) is 4.68 Å². The van der Waals surface area contributed by atoms with E-state index in [-0.39, 0.29) is 17.8 Å². The predicted molar refractivity (Wildman–Crippen MR) is 112 cm³/mol. The highest BCUT2D eigenvalue weighted by Gasteiger charge is 2.47. The van der Waals surface area contributed by atoms with Crippen LogP contribution in [0.3, 0.4) is 0 Å². The molecule has 0 unspecified atom stereocenters. The number of hydrogen-bond acceptors (Lipinski definition) is 6. The number of benzene rings is 1. The van der Waals surface area contributed by atoms with Crippen LogP contribution in [0.2, 0.25) is 0 Å². The van der Waals surface area contributed by atoms with Crippen LogP contribution in [0.4, 0.5) is 19.0 Å². The summed E-state index contributed by atoms with van der Waals surface area (Å²) in [6.07, 6.45) is -3.75. The Morgan fingerprint density at radius 2 is 1.72 bits per heavy atom. The number of aromatic nitrogens is 2. The standard InChI is InChI=1S/C21H27F3N4O4/c1-20(2,3)27-19(29)12-10-25-28-16(21(22,23)24)9-13(26-18(12)28)11-7-14(30-4)17(32-6)15(8-11)31-5/h7-8,10,13,16,26H,9H2,1-6H3,(H,27,29)/t13-,16-/m1/s1. The molecule has 2 N–H and O–H groups in total. The van der Waals surface area contributed by atoms with Crippen LogP contribution in [0.1, 0.15) is 55.2 Å². The Balaban J connectivity index is 2.08. The molecule has 1 aliphatic rings. The van der Waals surface area contributed by atoms with Crippen molar-refractivity contribution in [1.29, 1.82) is 0 Å². The molecule has 2 aromatic rings. The van der Waals surface area contributed by atoms with Crippen molar-refractivity contribution in [1.82, 2.24) is 15.1 Å². The van der Waals surface area contributed by atoms with E-state index in [0.717, 1.165) is 10.9 Å². The summed E-state index contributed by atoms with van der Waals surface area (Å²) in [6, 6.07) is 0.473. The highest BCUT2D eigenvalue weighted by Crippen LogP contribution is 2.47. The maximum atomic E-state index is 13.9. The van der Waals surface area contributed by atoms with Gasteiger partial charge in [0.1, 0.15) is 11.4 Å². The van der Waals surface area contributed by atoms with Crippen LogP contribution in [-0.4, -0.2) is 48.7 Å². The lowest BCUT2D eigenvalue weighted by molar-refractivity contribution is -0.173. The molecule has 3 rings (SSSR count). The molecule has 1 amide bonds. The van der Waals surface area contributed by atoms with Gasteiger partial charge in [0.2, 0.25) is 5.75 Å². The zero-order valence-corrected chi connectivity index (χ0v) is 18.8. The van der Waals surface area contributed by atoms with Crippen LogP contribution in [0.15, 0.2) is 18.3 Å². The second-order valence-electron chi connectivity index (χ2n) is 8.50. The summed E-state index contributed by atoms with van der Waals surface area (Å²) >= 11 is 0. The normalized spacial score (nSPS) is 18.4. The number of nitrogens with zero attached hydrogens (tertiary/aromatic N) is 2. The average Bonchev–Trinajstić information content (AvgIpc) is 3.13. The largest absolute Gasteiger partial charge is 0.493 e. The summed E-state index contributed by atoms with van der Waals surface area (Å²) in [5.74, 6) is 0.447. The second-order valence-corrected chi connectivity index (χ2v) is 8.50. The second kappa shape index (κ2) is 8.44. The number of amides is 1. The number of rotatable bonds is 5. The molecular formula is C21H27F3N4O4. The lowest BCUT2D eigenvalue weighted by atomic mass is 9.95. The monoisotopic (exact) mass is 456 g/mol. The van der Waals surface area contributed by atoms with Crippen LogP contribution < -0.4 is 24.8 Å². The number of carbonyl (C=O) groups excluding carboxylic acids is 1. The Labute approximate surface area is 184 Å². The van der Waals surface area contributed by atoms with Crippen molar-refractivity contribution in [3.05, 3.63) is 29.5 Å². The van der Waals surface area contributed by atoms with Crippen molar-refractivity contribution in [3.8, 4) is 17.2 Å². The van der Waals surface area contributed by atoms with E-state index in [2.05, 4.69) is 15.7 Å². The van der Waals surface area contributed by atoms with Crippen LogP contribution in [-0.2, 0) is 0 Å². The van der Waals surface area contributed by atoms with Crippen molar-refractivity contribution in [2.24, 2.45) is 0 Å². The van der Waals surface area contributed by atoms with Gasteiger partial charge in [0.25, 0.3) is 5.91 Å². The zero-order valence-electron chi connectivity index (χ0n) is 18.8. The van der Waals surface area contributed by atoms with Gasteiger partial charge in [0, 0.05) is 12.0 Å². The molecule has 0 saturated heterocycles. The van der Waals surface area contributed by atoms with E-state index in [9.17, 15) is 18.0 Å². The lowest BCUT2D eigenvalue weighted by Crippen LogP contribution is -2.41. The van der Waals surface area contributed by atoms with Gasteiger partial charge in [0.05, 0.1) is 33.6 Å². The number of hydrogen-bond donors (Lipinski definition) is 2. The molecule has 1 aromatic carbocycles. The summed E-state index contributed by atoms with van der Waals surface area (Å²) in [7, 11) is 4.30. The minimum Gasteiger partial charge on any atom is -0.493 e. The third-order valence-corrected chi connectivity index (χ3v) is 5.06. The summed E-state index contributed by atoms with van der Waals surface area (Å²) < 4.78 is 58.6. The first-order valence-corrected chi connectivity index (χ1v) is 9.92. The molecule has 1 aromatic heterocycles. The number of nitrogens with one attached hydrogen (secondary N) is 2. The molecule has 0 saturated carbocycles. The smallest absolute Gasteiger partial charge is 0.410 e. The zero-order chi connectivity index (χ0) is 23.8. The van der Waals surface area contributed by atoms with E-state index in [4.69, 9.17) is 14.2 Å². The molecule has 0 bridgehead atoms. The topological polar surface area (TPSA) is 86.6 Å². The van der Waals surface area contributed by atoms with E-state index in [1.54, 1.807) is 32.9 Å². The summed E-state index contributed by atoms with van der Waals surface area (Å²) in [6.45, 7) is 5.35. The first-order valence-electron chi connectivity index (χ1n) is 9.92. The summed E-state index contributed by atoms with van der Waals surface area (Å²) in [5, 5.41) is 9.70.